The molecule has 0 aliphatic rings. The standard InChI is InChI=1S/C15H12N2O3/c18-12-7-6-10(14(19)15(12)20)13-11(8-16-17-13)9-4-2-1-3-5-9/h1-8,18-20H,(H,16,17). The van der Waals surface area contributed by atoms with E-state index in [9.17, 15) is 15.3 Å². The number of aromatic amines is 1. The fourth-order valence-corrected chi connectivity index (χ4v) is 2.10. The fraction of sp³-hybridized carbons (Fsp3) is 0. The first kappa shape index (κ1) is 12.1. The van der Waals surface area contributed by atoms with E-state index in [-0.39, 0.29) is 11.5 Å². The molecule has 5 heteroatoms. The highest BCUT2D eigenvalue weighted by Gasteiger charge is 2.17. The Morgan fingerprint density at radius 3 is 2.30 bits per heavy atom. The largest absolute Gasteiger partial charge is 0.504 e. The number of hydrogen-bond acceptors (Lipinski definition) is 4. The summed E-state index contributed by atoms with van der Waals surface area (Å²) in [5.74, 6) is -1.30. The summed E-state index contributed by atoms with van der Waals surface area (Å²) in [6.45, 7) is 0. The zero-order chi connectivity index (χ0) is 14.1. The van der Waals surface area contributed by atoms with Gasteiger partial charge in [0, 0.05) is 11.1 Å². The second kappa shape index (κ2) is 4.62. The van der Waals surface area contributed by atoms with Crippen LogP contribution in [0.25, 0.3) is 22.4 Å². The maximum absolute atomic E-state index is 9.96. The van der Waals surface area contributed by atoms with Crippen LogP contribution in [0.5, 0.6) is 17.2 Å². The molecule has 20 heavy (non-hydrogen) atoms. The van der Waals surface area contributed by atoms with E-state index in [0.717, 1.165) is 11.1 Å². The number of H-pyrrole nitrogens is 1. The zero-order valence-corrected chi connectivity index (χ0v) is 10.4. The van der Waals surface area contributed by atoms with Crippen LogP contribution in [0.3, 0.4) is 0 Å². The monoisotopic (exact) mass is 268 g/mol. The highest BCUT2D eigenvalue weighted by Crippen LogP contribution is 2.43. The van der Waals surface area contributed by atoms with Gasteiger partial charge < -0.3 is 15.3 Å². The molecule has 0 spiro atoms. The molecular formula is C15H12N2O3. The number of benzene rings is 2. The average molecular weight is 268 g/mol. The molecule has 1 heterocycles. The molecule has 0 bridgehead atoms. The van der Waals surface area contributed by atoms with Crippen molar-refractivity contribution in [2.24, 2.45) is 0 Å². The summed E-state index contributed by atoms with van der Waals surface area (Å²) in [5.41, 5.74) is 2.68. The van der Waals surface area contributed by atoms with Gasteiger partial charge in [0.15, 0.2) is 11.5 Å². The van der Waals surface area contributed by atoms with Gasteiger partial charge in [-0.1, -0.05) is 30.3 Å². The van der Waals surface area contributed by atoms with Gasteiger partial charge in [0.05, 0.1) is 11.9 Å². The van der Waals surface area contributed by atoms with Gasteiger partial charge in [-0.05, 0) is 17.7 Å². The summed E-state index contributed by atoms with van der Waals surface area (Å²) in [7, 11) is 0. The van der Waals surface area contributed by atoms with E-state index in [1.807, 2.05) is 30.3 Å². The Morgan fingerprint density at radius 1 is 0.800 bits per heavy atom. The van der Waals surface area contributed by atoms with Crippen molar-refractivity contribution in [2.45, 2.75) is 0 Å². The lowest BCUT2D eigenvalue weighted by Gasteiger charge is -2.08. The third-order valence-corrected chi connectivity index (χ3v) is 3.12. The highest BCUT2D eigenvalue weighted by molar-refractivity contribution is 5.84. The Hall–Kier alpha value is -2.95. The lowest BCUT2D eigenvalue weighted by Crippen LogP contribution is -1.84. The van der Waals surface area contributed by atoms with Crippen LogP contribution in [0.2, 0.25) is 0 Å². The number of aromatic hydroxyl groups is 3. The molecule has 0 saturated heterocycles. The third-order valence-electron chi connectivity index (χ3n) is 3.12. The van der Waals surface area contributed by atoms with Crippen molar-refractivity contribution in [2.75, 3.05) is 0 Å². The van der Waals surface area contributed by atoms with Crippen molar-refractivity contribution in [1.82, 2.24) is 10.2 Å². The summed E-state index contributed by atoms with van der Waals surface area (Å²) in [5, 5.41) is 35.7. The number of rotatable bonds is 2. The molecular weight excluding hydrogens is 256 g/mol. The topological polar surface area (TPSA) is 89.4 Å². The van der Waals surface area contributed by atoms with E-state index >= 15 is 0 Å². The van der Waals surface area contributed by atoms with Crippen LogP contribution in [-0.4, -0.2) is 25.5 Å². The molecule has 0 radical (unpaired) electrons. The van der Waals surface area contributed by atoms with Gasteiger partial charge in [-0.15, -0.1) is 0 Å². The smallest absolute Gasteiger partial charge is 0.200 e. The van der Waals surface area contributed by atoms with E-state index in [1.54, 1.807) is 6.20 Å². The summed E-state index contributed by atoms with van der Waals surface area (Å²) in [4.78, 5) is 0. The number of nitrogens with one attached hydrogen (secondary N) is 1. The second-order valence-electron chi connectivity index (χ2n) is 4.35. The van der Waals surface area contributed by atoms with Crippen LogP contribution in [0.15, 0.2) is 48.7 Å². The Kier molecular flexibility index (Phi) is 2.80. The average Bonchev–Trinajstić information content (AvgIpc) is 2.95. The summed E-state index contributed by atoms with van der Waals surface area (Å²) in [6, 6.07) is 12.4. The Bertz CT molecular complexity index is 751. The van der Waals surface area contributed by atoms with Gasteiger partial charge in [0.25, 0.3) is 0 Å². The minimum Gasteiger partial charge on any atom is -0.504 e. The number of nitrogens with zero attached hydrogens (tertiary/aromatic N) is 1. The van der Waals surface area contributed by atoms with E-state index in [0.29, 0.717) is 11.3 Å². The molecule has 0 aliphatic heterocycles. The first-order chi connectivity index (χ1) is 9.68. The van der Waals surface area contributed by atoms with Gasteiger partial charge in [-0.3, -0.25) is 5.10 Å². The lowest BCUT2D eigenvalue weighted by molar-refractivity contribution is 0.369. The Morgan fingerprint density at radius 2 is 1.55 bits per heavy atom. The highest BCUT2D eigenvalue weighted by atomic mass is 16.3. The van der Waals surface area contributed by atoms with Crippen molar-refractivity contribution >= 4 is 0 Å². The maximum atomic E-state index is 9.96. The Balaban J connectivity index is 2.18. The van der Waals surface area contributed by atoms with Crippen molar-refractivity contribution < 1.29 is 15.3 Å². The molecule has 0 atom stereocenters. The van der Waals surface area contributed by atoms with Crippen molar-refractivity contribution in [3.63, 3.8) is 0 Å². The molecule has 0 amide bonds. The number of aromatic nitrogens is 2. The van der Waals surface area contributed by atoms with E-state index < -0.39 is 5.75 Å². The summed E-state index contributed by atoms with van der Waals surface area (Å²) < 4.78 is 0. The lowest BCUT2D eigenvalue weighted by atomic mass is 10.0. The van der Waals surface area contributed by atoms with Crippen LogP contribution in [0.1, 0.15) is 0 Å². The maximum Gasteiger partial charge on any atom is 0.200 e. The van der Waals surface area contributed by atoms with Gasteiger partial charge in [-0.25, -0.2) is 0 Å². The molecule has 100 valence electrons. The van der Waals surface area contributed by atoms with Gasteiger partial charge in [0.1, 0.15) is 0 Å². The summed E-state index contributed by atoms with van der Waals surface area (Å²) in [6.07, 6.45) is 1.65. The van der Waals surface area contributed by atoms with Gasteiger partial charge in [0.2, 0.25) is 5.75 Å². The first-order valence-corrected chi connectivity index (χ1v) is 6.01. The first-order valence-electron chi connectivity index (χ1n) is 6.01. The summed E-state index contributed by atoms with van der Waals surface area (Å²) >= 11 is 0. The van der Waals surface area contributed by atoms with Crippen molar-refractivity contribution in [3.05, 3.63) is 48.7 Å². The number of phenols is 3. The molecule has 0 saturated carbocycles. The molecule has 5 nitrogen and oxygen atoms in total. The SMILES string of the molecule is Oc1ccc(-c2[nH]ncc2-c2ccccc2)c(O)c1O. The quantitative estimate of drug-likeness (QED) is 0.538. The Labute approximate surface area is 114 Å². The van der Waals surface area contributed by atoms with Crippen molar-refractivity contribution in [1.29, 1.82) is 0 Å². The van der Waals surface area contributed by atoms with Gasteiger partial charge >= 0.3 is 0 Å². The molecule has 0 fully saturated rings. The molecule has 4 N–H and O–H groups in total. The van der Waals surface area contributed by atoms with Crippen LogP contribution in [-0.2, 0) is 0 Å². The normalized spacial score (nSPS) is 10.6. The van der Waals surface area contributed by atoms with Crippen LogP contribution in [0.4, 0.5) is 0 Å². The molecule has 2 aromatic carbocycles. The molecule has 1 aromatic heterocycles. The predicted octanol–water partition coefficient (Wildman–Crippen LogP) is 2.86. The second-order valence-corrected chi connectivity index (χ2v) is 4.35. The van der Waals surface area contributed by atoms with E-state index in [1.165, 1.54) is 12.1 Å². The van der Waals surface area contributed by atoms with Crippen LogP contribution >= 0.6 is 0 Å². The third kappa shape index (κ3) is 1.85. The minimum absolute atomic E-state index is 0.368. The fourth-order valence-electron chi connectivity index (χ4n) is 2.10. The van der Waals surface area contributed by atoms with Crippen LogP contribution in [0, 0.1) is 0 Å². The predicted molar refractivity (Wildman–Crippen MR) is 74.5 cm³/mol. The van der Waals surface area contributed by atoms with Gasteiger partial charge in [-0.2, -0.15) is 5.10 Å². The van der Waals surface area contributed by atoms with Crippen LogP contribution < -0.4 is 0 Å². The molecule has 0 unspecified atom stereocenters. The van der Waals surface area contributed by atoms with Crippen molar-refractivity contribution in [3.8, 4) is 39.6 Å². The molecule has 0 aliphatic carbocycles. The number of hydrogen-bond donors (Lipinski definition) is 4. The molecule has 3 aromatic rings. The molecule has 3 rings (SSSR count). The zero-order valence-electron chi connectivity index (χ0n) is 10.4. The minimum atomic E-state index is -0.545. The van der Waals surface area contributed by atoms with E-state index in [4.69, 9.17) is 0 Å². The number of phenolic OH excluding ortho intramolecular Hbond substituents is 3. The van der Waals surface area contributed by atoms with E-state index in [2.05, 4.69) is 10.2 Å².